The minimum Gasteiger partial charge on any atom is -0.351 e. The van der Waals surface area contributed by atoms with Gasteiger partial charge in [0.25, 0.3) is 0 Å². The summed E-state index contributed by atoms with van der Waals surface area (Å²) in [7, 11) is 0. The van der Waals surface area contributed by atoms with Crippen LogP contribution in [0.25, 0.3) is 0 Å². The van der Waals surface area contributed by atoms with E-state index in [4.69, 9.17) is 0 Å². The highest BCUT2D eigenvalue weighted by molar-refractivity contribution is 5.83. The van der Waals surface area contributed by atoms with Crippen molar-refractivity contribution in [1.82, 2.24) is 20.6 Å². The summed E-state index contributed by atoms with van der Waals surface area (Å²) in [6, 6.07) is 0.0486. The lowest BCUT2D eigenvalue weighted by Gasteiger charge is -2.40. The van der Waals surface area contributed by atoms with Gasteiger partial charge in [0, 0.05) is 31.1 Å². The SMILES string of the molecule is O=C(N[C@@H]1CCCC[C@H]1NC(=O)C1CN(c2ncc(F)cn2)C1)C1CC1. The van der Waals surface area contributed by atoms with E-state index < -0.39 is 5.82 Å². The van der Waals surface area contributed by atoms with Crippen molar-refractivity contribution in [3.63, 3.8) is 0 Å². The normalized spacial score (nSPS) is 26.1. The van der Waals surface area contributed by atoms with Crippen LogP contribution in [0.3, 0.4) is 0 Å². The zero-order valence-corrected chi connectivity index (χ0v) is 14.7. The molecule has 7 nitrogen and oxygen atoms in total. The quantitative estimate of drug-likeness (QED) is 0.817. The summed E-state index contributed by atoms with van der Waals surface area (Å²) in [5, 5.41) is 6.27. The number of rotatable bonds is 5. The van der Waals surface area contributed by atoms with Gasteiger partial charge < -0.3 is 15.5 Å². The minimum absolute atomic E-state index is 0.00933. The van der Waals surface area contributed by atoms with Crippen LogP contribution in [0.15, 0.2) is 12.4 Å². The van der Waals surface area contributed by atoms with E-state index >= 15 is 0 Å². The third kappa shape index (κ3) is 3.78. The molecule has 0 bridgehead atoms. The summed E-state index contributed by atoms with van der Waals surface area (Å²) in [6.07, 6.45) is 8.21. The standard InChI is InChI=1S/C18H24FN5O2/c19-13-7-20-18(21-8-13)24-9-12(10-24)17(26)23-15-4-2-1-3-14(15)22-16(25)11-5-6-11/h7-8,11-12,14-15H,1-6,9-10H2,(H,22,25)(H,23,26)/t14-,15-/m1/s1. The number of hydrogen-bond acceptors (Lipinski definition) is 5. The van der Waals surface area contributed by atoms with Crippen molar-refractivity contribution in [3.05, 3.63) is 18.2 Å². The van der Waals surface area contributed by atoms with E-state index in [9.17, 15) is 14.0 Å². The fourth-order valence-electron chi connectivity index (χ4n) is 3.70. The number of nitrogens with one attached hydrogen (secondary N) is 2. The molecule has 1 aromatic rings. The summed E-state index contributed by atoms with van der Waals surface area (Å²) in [4.78, 5) is 34.3. The molecule has 0 aromatic carbocycles. The van der Waals surface area contributed by atoms with Gasteiger partial charge in [0.2, 0.25) is 17.8 Å². The molecule has 2 aliphatic carbocycles. The molecule has 4 rings (SSSR count). The van der Waals surface area contributed by atoms with Crippen molar-refractivity contribution < 1.29 is 14.0 Å². The Morgan fingerprint density at radius 2 is 1.46 bits per heavy atom. The van der Waals surface area contributed by atoms with Crippen molar-refractivity contribution in [2.24, 2.45) is 11.8 Å². The maximum Gasteiger partial charge on any atom is 0.226 e. The van der Waals surface area contributed by atoms with Gasteiger partial charge in [-0.1, -0.05) is 12.8 Å². The molecule has 2 atom stereocenters. The molecule has 1 saturated heterocycles. The lowest BCUT2D eigenvalue weighted by atomic mass is 9.89. The van der Waals surface area contributed by atoms with Crippen molar-refractivity contribution in [2.75, 3.05) is 18.0 Å². The predicted octanol–water partition coefficient (Wildman–Crippen LogP) is 1.01. The molecule has 1 aromatic heterocycles. The number of hydrogen-bond donors (Lipinski definition) is 2. The van der Waals surface area contributed by atoms with Crippen molar-refractivity contribution in [3.8, 4) is 0 Å². The smallest absolute Gasteiger partial charge is 0.226 e. The van der Waals surface area contributed by atoms with Crippen LogP contribution in [0, 0.1) is 17.7 Å². The van der Waals surface area contributed by atoms with E-state index in [1.807, 2.05) is 4.90 Å². The van der Waals surface area contributed by atoms with Crippen molar-refractivity contribution >= 4 is 17.8 Å². The fraction of sp³-hybridized carbons (Fsp3) is 0.667. The maximum atomic E-state index is 12.9. The van der Waals surface area contributed by atoms with Gasteiger partial charge in [-0.15, -0.1) is 0 Å². The highest BCUT2D eigenvalue weighted by Gasteiger charge is 2.38. The van der Waals surface area contributed by atoms with Gasteiger partial charge in [0.15, 0.2) is 5.82 Å². The number of carbonyl (C=O) groups excluding carboxylic acids is 2. The summed E-state index contributed by atoms with van der Waals surface area (Å²) >= 11 is 0. The highest BCUT2D eigenvalue weighted by atomic mass is 19.1. The molecule has 2 N–H and O–H groups in total. The molecule has 140 valence electrons. The molecule has 2 heterocycles. The van der Waals surface area contributed by atoms with E-state index in [-0.39, 0.29) is 35.7 Å². The Hall–Kier alpha value is -2.25. The second kappa shape index (κ2) is 7.17. The van der Waals surface area contributed by atoms with E-state index in [0.717, 1.165) is 50.9 Å². The van der Waals surface area contributed by atoms with E-state index in [1.54, 1.807) is 0 Å². The molecule has 2 amide bonds. The molecule has 3 fully saturated rings. The predicted molar refractivity (Wildman–Crippen MR) is 92.7 cm³/mol. The minimum atomic E-state index is -0.472. The monoisotopic (exact) mass is 361 g/mol. The van der Waals surface area contributed by atoms with E-state index in [2.05, 4.69) is 20.6 Å². The van der Waals surface area contributed by atoms with Crippen LogP contribution in [0.1, 0.15) is 38.5 Å². The first-order valence-electron chi connectivity index (χ1n) is 9.43. The van der Waals surface area contributed by atoms with Gasteiger partial charge in [-0.05, 0) is 25.7 Å². The molecule has 0 radical (unpaired) electrons. The fourth-order valence-corrected chi connectivity index (χ4v) is 3.70. The van der Waals surface area contributed by atoms with Gasteiger partial charge in [-0.3, -0.25) is 9.59 Å². The Balaban J connectivity index is 1.28. The number of amides is 2. The Morgan fingerprint density at radius 3 is 2.00 bits per heavy atom. The van der Waals surface area contributed by atoms with Crippen LogP contribution in [0.4, 0.5) is 10.3 Å². The average Bonchev–Trinajstić information content (AvgIpc) is 3.42. The lowest BCUT2D eigenvalue weighted by Crippen LogP contribution is -2.59. The zero-order chi connectivity index (χ0) is 18.1. The summed E-state index contributed by atoms with van der Waals surface area (Å²) < 4.78 is 12.9. The largest absolute Gasteiger partial charge is 0.351 e. The van der Waals surface area contributed by atoms with Crippen LogP contribution in [-0.2, 0) is 9.59 Å². The third-order valence-corrected chi connectivity index (χ3v) is 5.51. The average molecular weight is 361 g/mol. The summed E-state index contributed by atoms with van der Waals surface area (Å²) in [5.74, 6) is 0.192. The van der Waals surface area contributed by atoms with Gasteiger partial charge in [0.1, 0.15) is 0 Å². The lowest BCUT2D eigenvalue weighted by molar-refractivity contribution is -0.128. The molecular formula is C18H24FN5O2. The molecule has 0 unspecified atom stereocenters. The highest BCUT2D eigenvalue weighted by Crippen LogP contribution is 2.30. The number of carbonyl (C=O) groups is 2. The van der Waals surface area contributed by atoms with Gasteiger partial charge in [-0.25, -0.2) is 14.4 Å². The molecular weight excluding hydrogens is 337 g/mol. The van der Waals surface area contributed by atoms with E-state index in [1.165, 1.54) is 0 Å². The number of anilines is 1. The van der Waals surface area contributed by atoms with Gasteiger partial charge in [0.05, 0.1) is 18.3 Å². The third-order valence-electron chi connectivity index (χ3n) is 5.51. The molecule has 8 heteroatoms. The first kappa shape index (κ1) is 17.2. The molecule has 26 heavy (non-hydrogen) atoms. The zero-order valence-electron chi connectivity index (χ0n) is 14.7. The molecule has 0 spiro atoms. The van der Waals surface area contributed by atoms with Gasteiger partial charge in [-0.2, -0.15) is 0 Å². The first-order valence-corrected chi connectivity index (χ1v) is 9.43. The van der Waals surface area contributed by atoms with Crippen LogP contribution >= 0.6 is 0 Å². The Morgan fingerprint density at radius 1 is 0.923 bits per heavy atom. The second-order valence-electron chi connectivity index (χ2n) is 7.59. The molecule has 3 aliphatic rings. The van der Waals surface area contributed by atoms with Crippen molar-refractivity contribution in [2.45, 2.75) is 50.6 Å². The van der Waals surface area contributed by atoms with Crippen LogP contribution < -0.4 is 15.5 Å². The van der Waals surface area contributed by atoms with Crippen LogP contribution in [0.2, 0.25) is 0 Å². The Kier molecular flexibility index (Phi) is 4.74. The van der Waals surface area contributed by atoms with Crippen molar-refractivity contribution in [1.29, 1.82) is 0 Å². The Bertz CT molecular complexity index is 673. The molecule has 1 aliphatic heterocycles. The number of nitrogens with zero attached hydrogens (tertiary/aromatic N) is 3. The van der Waals surface area contributed by atoms with E-state index in [0.29, 0.717) is 19.0 Å². The van der Waals surface area contributed by atoms with Gasteiger partial charge >= 0.3 is 0 Å². The Labute approximate surface area is 151 Å². The molecule has 2 saturated carbocycles. The first-order chi connectivity index (χ1) is 12.6. The maximum absolute atomic E-state index is 12.9. The number of aromatic nitrogens is 2. The summed E-state index contributed by atoms with van der Waals surface area (Å²) in [5.41, 5.74) is 0. The second-order valence-corrected chi connectivity index (χ2v) is 7.59. The topological polar surface area (TPSA) is 87.2 Å². The van der Waals surface area contributed by atoms with Crippen LogP contribution in [0.5, 0.6) is 0 Å². The van der Waals surface area contributed by atoms with Crippen LogP contribution in [-0.4, -0.2) is 47.0 Å². The number of halogens is 1. The summed E-state index contributed by atoms with van der Waals surface area (Å²) in [6.45, 7) is 1.06.